The zero-order valence-corrected chi connectivity index (χ0v) is 14.6. The third-order valence-electron chi connectivity index (χ3n) is 4.54. The van der Waals surface area contributed by atoms with Crippen molar-refractivity contribution < 1.29 is 23.8 Å². The first-order chi connectivity index (χ1) is 12.4. The molecule has 9 heteroatoms. The molecule has 2 aromatic heterocycles. The molecule has 0 aliphatic carbocycles. The number of aromatic nitrogens is 4. The Morgan fingerprint density at radius 1 is 1.35 bits per heavy atom. The highest BCUT2D eigenvalue weighted by molar-refractivity contribution is 5.77. The van der Waals surface area contributed by atoms with Crippen molar-refractivity contribution in [2.75, 3.05) is 6.61 Å². The van der Waals surface area contributed by atoms with Crippen LogP contribution in [0.2, 0.25) is 0 Å². The molecule has 2 unspecified atom stereocenters. The zero-order valence-electron chi connectivity index (χ0n) is 14.6. The van der Waals surface area contributed by atoms with E-state index in [9.17, 15) is 10.0 Å². The smallest absolute Gasteiger partial charge is 0.261 e. The normalized spacial score (nSPS) is 21.2. The number of hydrogen-bond donors (Lipinski definition) is 1. The van der Waals surface area contributed by atoms with Gasteiger partial charge < -0.3 is 14.6 Å². The number of hydrogen-bond acceptors (Lipinski definition) is 7. The molecule has 26 heavy (non-hydrogen) atoms. The molecule has 9 nitrogen and oxygen atoms in total. The predicted molar refractivity (Wildman–Crippen MR) is 89.6 cm³/mol. The van der Waals surface area contributed by atoms with Crippen molar-refractivity contribution >= 4 is 11.0 Å². The molecule has 0 saturated carbocycles. The Bertz CT molecular complexity index is 1030. The van der Waals surface area contributed by atoms with Gasteiger partial charge in [-0.2, -0.15) is 0 Å². The molecular formula is C17H19N4O5+. The molecule has 1 aromatic carbocycles. The molecule has 1 aliphatic heterocycles. The molecule has 0 radical (unpaired) electrons. The predicted octanol–water partition coefficient (Wildman–Crippen LogP) is 1.46. The van der Waals surface area contributed by atoms with Gasteiger partial charge in [-0.05, 0) is 37.2 Å². The van der Waals surface area contributed by atoms with E-state index in [1.807, 2.05) is 6.92 Å². The van der Waals surface area contributed by atoms with Gasteiger partial charge in [0.1, 0.15) is 40.4 Å². The minimum absolute atomic E-state index is 0.465. The lowest BCUT2D eigenvalue weighted by molar-refractivity contribution is -0.604. The molecule has 136 valence electrons. The number of rotatable bonds is 3. The van der Waals surface area contributed by atoms with Crippen LogP contribution in [-0.4, -0.2) is 38.4 Å². The van der Waals surface area contributed by atoms with Crippen molar-refractivity contribution in [2.45, 2.75) is 38.5 Å². The van der Waals surface area contributed by atoms with Gasteiger partial charge in [-0.3, -0.25) is 0 Å². The van der Waals surface area contributed by atoms with Crippen molar-refractivity contribution in [1.82, 2.24) is 15.0 Å². The lowest BCUT2D eigenvalue weighted by Gasteiger charge is -2.40. The first kappa shape index (κ1) is 16.5. The number of nitrogens with zero attached hydrogens (tertiary/aromatic N) is 4. The summed E-state index contributed by atoms with van der Waals surface area (Å²) in [5, 5.41) is 18.6. The zero-order chi connectivity index (χ0) is 18.5. The van der Waals surface area contributed by atoms with Gasteiger partial charge in [0.15, 0.2) is 10.6 Å². The summed E-state index contributed by atoms with van der Waals surface area (Å²) in [5.41, 5.74) is 0.744. The van der Waals surface area contributed by atoms with Gasteiger partial charge in [0.05, 0.1) is 17.6 Å². The van der Waals surface area contributed by atoms with Gasteiger partial charge in [0, 0.05) is 11.6 Å². The van der Waals surface area contributed by atoms with Crippen LogP contribution in [0.5, 0.6) is 11.5 Å². The summed E-state index contributed by atoms with van der Waals surface area (Å²) >= 11 is 0. The summed E-state index contributed by atoms with van der Waals surface area (Å²) < 4.78 is 18.3. The van der Waals surface area contributed by atoms with E-state index >= 15 is 0 Å². The summed E-state index contributed by atoms with van der Waals surface area (Å²) in [7, 11) is 0. The molecule has 0 amide bonds. The quantitative estimate of drug-likeness (QED) is 0.706. The lowest BCUT2D eigenvalue weighted by atomic mass is 9.86. The Hall–Kier alpha value is -2.94. The Balaban J connectivity index is 1.95. The first-order valence-corrected chi connectivity index (χ1v) is 8.31. The van der Waals surface area contributed by atoms with Gasteiger partial charge in [-0.15, -0.1) is 0 Å². The fourth-order valence-corrected chi connectivity index (χ4v) is 3.23. The lowest BCUT2D eigenvalue weighted by Crippen LogP contribution is -2.53. The summed E-state index contributed by atoms with van der Waals surface area (Å²) in [6, 6.07) is 4.29. The van der Waals surface area contributed by atoms with Crippen LogP contribution in [0, 0.1) is 4.91 Å². The molecule has 0 saturated heterocycles. The molecule has 1 aliphatic rings. The van der Waals surface area contributed by atoms with E-state index in [2.05, 4.69) is 10.3 Å². The number of fused-ring (bicyclic) bond motifs is 2. The van der Waals surface area contributed by atoms with Crippen molar-refractivity contribution in [3.05, 3.63) is 41.1 Å². The molecule has 1 N–H and O–H groups in total. The van der Waals surface area contributed by atoms with E-state index in [-0.39, 0.29) is 0 Å². The third-order valence-corrected chi connectivity index (χ3v) is 4.54. The molecular weight excluding hydrogens is 340 g/mol. The van der Waals surface area contributed by atoms with E-state index in [1.165, 1.54) is 10.9 Å². The van der Waals surface area contributed by atoms with E-state index in [0.29, 0.717) is 39.2 Å². The minimum Gasteiger partial charge on any atom is -0.492 e. The standard InChI is InChI=1S/C17H19N4O5/c1-4-24-10-5-6-21(23)20(9-10)15-11-7-12-13(19-26-18-12)8-14(11)25-17(2,3)16(15)22/h5-9,15-16,22H,4H2,1-3H3/q+1. The fourth-order valence-electron chi connectivity index (χ4n) is 3.23. The molecule has 0 spiro atoms. The maximum atomic E-state index is 12.5. The summed E-state index contributed by atoms with van der Waals surface area (Å²) in [6.45, 7) is 5.85. The number of ether oxygens (including phenoxy) is 2. The van der Waals surface area contributed by atoms with Crippen molar-refractivity contribution in [2.24, 2.45) is 0 Å². The first-order valence-electron chi connectivity index (χ1n) is 8.31. The molecule has 3 aromatic rings. The van der Waals surface area contributed by atoms with E-state index in [4.69, 9.17) is 14.1 Å². The molecule has 2 atom stereocenters. The number of aliphatic hydroxyl groups is 1. The van der Waals surface area contributed by atoms with Gasteiger partial charge in [-0.25, -0.2) is 4.63 Å². The Kier molecular flexibility index (Phi) is 3.69. The number of benzene rings is 1. The average molecular weight is 359 g/mol. The van der Waals surface area contributed by atoms with Crippen LogP contribution >= 0.6 is 0 Å². The van der Waals surface area contributed by atoms with Crippen LogP contribution in [0.1, 0.15) is 32.4 Å². The Morgan fingerprint density at radius 2 is 2.08 bits per heavy atom. The van der Waals surface area contributed by atoms with Crippen molar-refractivity contribution in [3.63, 3.8) is 0 Å². The highest BCUT2D eigenvalue weighted by atomic mass is 16.6. The van der Waals surface area contributed by atoms with Crippen LogP contribution in [0.25, 0.3) is 11.0 Å². The molecule has 0 bridgehead atoms. The second-order valence-corrected chi connectivity index (χ2v) is 6.70. The van der Waals surface area contributed by atoms with Crippen LogP contribution < -0.4 is 14.0 Å². The monoisotopic (exact) mass is 359 g/mol. The third kappa shape index (κ3) is 2.51. The summed E-state index contributed by atoms with van der Waals surface area (Å²) in [6.07, 6.45) is 1.92. The SMILES string of the molecule is CCOc1cc[n+](=O)n(C2c3cc4nonc4cc3OC(C)(C)C2O)c1. The highest BCUT2D eigenvalue weighted by Crippen LogP contribution is 2.42. The largest absolute Gasteiger partial charge is 0.492 e. The van der Waals surface area contributed by atoms with E-state index < -0.39 is 17.7 Å². The highest BCUT2D eigenvalue weighted by Gasteiger charge is 2.46. The van der Waals surface area contributed by atoms with Gasteiger partial charge in [0.2, 0.25) is 0 Å². The van der Waals surface area contributed by atoms with Gasteiger partial charge >= 0.3 is 0 Å². The number of aliphatic hydroxyl groups excluding tert-OH is 1. The van der Waals surface area contributed by atoms with Crippen molar-refractivity contribution in [1.29, 1.82) is 0 Å². The van der Waals surface area contributed by atoms with Gasteiger partial charge in [0.25, 0.3) is 6.20 Å². The average Bonchev–Trinajstić information content (AvgIpc) is 3.04. The second-order valence-electron chi connectivity index (χ2n) is 6.70. The maximum Gasteiger partial charge on any atom is 0.261 e. The van der Waals surface area contributed by atoms with Crippen molar-refractivity contribution in [3.8, 4) is 11.5 Å². The summed E-state index contributed by atoms with van der Waals surface area (Å²) in [4.78, 5) is 12.5. The maximum absolute atomic E-state index is 12.5. The topological polar surface area (TPSA) is 106 Å². The molecule has 0 fully saturated rings. The Morgan fingerprint density at radius 3 is 2.81 bits per heavy atom. The van der Waals surface area contributed by atoms with E-state index in [0.717, 1.165) is 0 Å². The van der Waals surface area contributed by atoms with Gasteiger partial charge in [-0.1, -0.05) is 4.68 Å². The van der Waals surface area contributed by atoms with Crippen LogP contribution in [0.15, 0.2) is 35.2 Å². The van der Waals surface area contributed by atoms with Crippen LogP contribution in [0.3, 0.4) is 0 Å². The molecule has 3 heterocycles. The minimum atomic E-state index is -0.991. The summed E-state index contributed by atoms with van der Waals surface area (Å²) in [5.74, 6) is 1.05. The van der Waals surface area contributed by atoms with Crippen LogP contribution in [0.4, 0.5) is 0 Å². The molecule has 4 rings (SSSR count). The van der Waals surface area contributed by atoms with E-state index in [1.54, 1.807) is 38.2 Å². The second kappa shape index (κ2) is 5.80. The fraction of sp³-hybridized carbons (Fsp3) is 0.412. The van der Waals surface area contributed by atoms with Crippen LogP contribution in [-0.2, 0) is 0 Å². The Labute approximate surface area is 148 Å².